The van der Waals surface area contributed by atoms with E-state index in [4.69, 9.17) is 27.9 Å². The van der Waals surface area contributed by atoms with Crippen LogP contribution in [0.5, 0.6) is 5.75 Å². The molecule has 0 radical (unpaired) electrons. The van der Waals surface area contributed by atoms with E-state index in [-0.39, 0.29) is 5.91 Å². The van der Waals surface area contributed by atoms with Crippen molar-refractivity contribution in [3.05, 3.63) is 81.1 Å². The number of carbonyl (C=O) groups is 1. The molecule has 0 saturated heterocycles. The van der Waals surface area contributed by atoms with Gasteiger partial charge in [0, 0.05) is 24.4 Å². The summed E-state index contributed by atoms with van der Waals surface area (Å²) < 4.78 is 5.46. The van der Waals surface area contributed by atoms with Crippen molar-refractivity contribution < 1.29 is 9.53 Å². The van der Waals surface area contributed by atoms with E-state index in [1.54, 1.807) is 30.5 Å². The van der Waals surface area contributed by atoms with Crippen LogP contribution in [0.1, 0.15) is 27.2 Å². The number of hydrogen-bond donors (Lipinski definition) is 2. The van der Waals surface area contributed by atoms with Gasteiger partial charge in [-0.15, -0.1) is 0 Å². The number of benzene rings is 2. The number of hydrogen-bond acceptors (Lipinski definition) is 4. The fourth-order valence-electron chi connectivity index (χ4n) is 3.37. The fourth-order valence-corrected chi connectivity index (χ4v) is 3.86. The van der Waals surface area contributed by atoms with Gasteiger partial charge in [-0.1, -0.05) is 35.3 Å². The SMILES string of the molecule is COc1cc2c(cc1C(=O)NCc1ncccc1C)CC(=Nc1c(Cl)cccc1Cl)N2. The minimum absolute atomic E-state index is 0.232. The maximum atomic E-state index is 12.9. The van der Waals surface area contributed by atoms with Crippen LogP contribution in [-0.4, -0.2) is 23.8 Å². The van der Waals surface area contributed by atoms with Crippen LogP contribution in [0.4, 0.5) is 11.4 Å². The molecule has 2 N–H and O–H groups in total. The van der Waals surface area contributed by atoms with Crippen molar-refractivity contribution in [1.82, 2.24) is 10.3 Å². The second kappa shape index (κ2) is 8.96. The molecule has 2 aromatic carbocycles. The number of amidine groups is 1. The molecule has 0 bridgehead atoms. The normalized spacial score (nSPS) is 13.6. The van der Waals surface area contributed by atoms with Crippen molar-refractivity contribution in [2.24, 2.45) is 4.99 Å². The number of nitrogens with zero attached hydrogens (tertiary/aromatic N) is 2. The first-order valence-corrected chi connectivity index (χ1v) is 10.4. The molecule has 8 heteroatoms. The number of methoxy groups -OCH3 is 1. The summed E-state index contributed by atoms with van der Waals surface area (Å²) >= 11 is 12.5. The summed E-state index contributed by atoms with van der Waals surface area (Å²) in [6.45, 7) is 2.30. The molecular weight excluding hydrogens is 435 g/mol. The van der Waals surface area contributed by atoms with Gasteiger partial charge < -0.3 is 15.4 Å². The number of rotatable bonds is 5. The van der Waals surface area contributed by atoms with Gasteiger partial charge in [0.1, 0.15) is 17.3 Å². The Labute approximate surface area is 190 Å². The summed E-state index contributed by atoms with van der Waals surface area (Å²) in [6, 6.07) is 12.7. The van der Waals surface area contributed by atoms with Crippen LogP contribution in [0.15, 0.2) is 53.7 Å². The van der Waals surface area contributed by atoms with Gasteiger partial charge in [0.15, 0.2) is 0 Å². The maximum absolute atomic E-state index is 12.9. The summed E-state index contributed by atoms with van der Waals surface area (Å²) in [5.74, 6) is 0.927. The number of aromatic nitrogens is 1. The highest BCUT2D eigenvalue weighted by molar-refractivity contribution is 6.39. The van der Waals surface area contributed by atoms with Crippen LogP contribution in [0.2, 0.25) is 10.0 Å². The molecule has 6 nitrogen and oxygen atoms in total. The highest BCUT2D eigenvalue weighted by Gasteiger charge is 2.23. The van der Waals surface area contributed by atoms with Gasteiger partial charge in [0.05, 0.1) is 35.0 Å². The Hall–Kier alpha value is -3.09. The van der Waals surface area contributed by atoms with Crippen molar-refractivity contribution in [3.8, 4) is 5.75 Å². The molecule has 1 amide bonds. The Bertz CT molecular complexity index is 1170. The third-order valence-corrected chi connectivity index (χ3v) is 5.64. The van der Waals surface area contributed by atoms with E-state index in [2.05, 4.69) is 20.6 Å². The monoisotopic (exact) mass is 454 g/mol. The number of aliphatic imine (C=N–C) groups is 1. The number of ether oxygens (including phenoxy) is 1. The lowest BCUT2D eigenvalue weighted by atomic mass is 10.1. The Morgan fingerprint density at radius 2 is 2.00 bits per heavy atom. The molecule has 0 unspecified atom stereocenters. The Morgan fingerprint density at radius 3 is 2.71 bits per heavy atom. The van der Waals surface area contributed by atoms with Gasteiger partial charge >= 0.3 is 0 Å². The van der Waals surface area contributed by atoms with Gasteiger partial charge in [-0.05, 0) is 42.3 Å². The zero-order valence-electron chi connectivity index (χ0n) is 17.0. The zero-order chi connectivity index (χ0) is 22.0. The molecule has 158 valence electrons. The minimum atomic E-state index is -0.232. The van der Waals surface area contributed by atoms with Gasteiger partial charge in [0.25, 0.3) is 5.91 Å². The molecule has 0 fully saturated rings. The molecule has 1 aromatic heterocycles. The predicted octanol–water partition coefficient (Wildman–Crippen LogP) is 5.33. The van der Waals surface area contributed by atoms with Crippen LogP contribution in [-0.2, 0) is 13.0 Å². The number of aryl methyl sites for hydroxylation is 1. The Balaban J connectivity index is 1.57. The van der Waals surface area contributed by atoms with E-state index >= 15 is 0 Å². The highest BCUT2D eigenvalue weighted by Crippen LogP contribution is 2.36. The first-order valence-electron chi connectivity index (χ1n) is 9.64. The zero-order valence-corrected chi connectivity index (χ0v) is 18.5. The van der Waals surface area contributed by atoms with Crippen molar-refractivity contribution in [2.75, 3.05) is 12.4 Å². The van der Waals surface area contributed by atoms with Crippen molar-refractivity contribution in [1.29, 1.82) is 0 Å². The molecule has 3 aromatic rings. The quantitative estimate of drug-likeness (QED) is 0.545. The van der Waals surface area contributed by atoms with E-state index in [9.17, 15) is 4.79 Å². The van der Waals surface area contributed by atoms with Crippen LogP contribution in [0.25, 0.3) is 0 Å². The lowest BCUT2D eigenvalue weighted by Crippen LogP contribution is -2.24. The first-order chi connectivity index (χ1) is 15.0. The molecule has 31 heavy (non-hydrogen) atoms. The number of amides is 1. The van der Waals surface area contributed by atoms with Crippen LogP contribution in [0, 0.1) is 6.92 Å². The largest absolute Gasteiger partial charge is 0.496 e. The summed E-state index contributed by atoms with van der Waals surface area (Å²) in [7, 11) is 1.54. The number of para-hydroxylation sites is 1. The fraction of sp³-hybridized carbons (Fsp3) is 0.174. The second-order valence-electron chi connectivity index (χ2n) is 7.09. The summed E-state index contributed by atoms with van der Waals surface area (Å²) in [5, 5.41) is 7.12. The molecule has 1 aliphatic heterocycles. The highest BCUT2D eigenvalue weighted by atomic mass is 35.5. The Morgan fingerprint density at radius 1 is 1.23 bits per heavy atom. The number of pyridine rings is 1. The van der Waals surface area contributed by atoms with E-state index in [0.717, 1.165) is 22.5 Å². The number of fused-ring (bicyclic) bond motifs is 1. The average molecular weight is 455 g/mol. The van der Waals surface area contributed by atoms with Gasteiger partial charge in [0.2, 0.25) is 0 Å². The van der Waals surface area contributed by atoms with E-state index in [1.807, 2.05) is 25.1 Å². The summed E-state index contributed by atoms with van der Waals surface area (Å²) in [4.78, 5) is 21.8. The van der Waals surface area contributed by atoms with E-state index < -0.39 is 0 Å². The van der Waals surface area contributed by atoms with Crippen LogP contribution < -0.4 is 15.4 Å². The number of halogens is 2. The standard InChI is InChI=1S/C23H20Cl2N4O2/c1-13-5-4-8-26-19(13)12-27-23(30)15-9-14-10-21(28-18(14)11-20(15)31-2)29-22-16(24)6-3-7-17(22)25/h3-9,11H,10,12H2,1-2H3,(H,27,30)(H,28,29). The topological polar surface area (TPSA) is 75.6 Å². The third-order valence-electron chi connectivity index (χ3n) is 5.03. The Kier molecular flexibility index (Phi) is 6.11. The smallest absolute Gasteiger partial charge is 0.255 e. The number of nitrogens with one attached hydrogen (secondary N) is 2. The van der Waals surface area contributed by atoms with Crippen LogP contribution in [0.3, 0.4) is 0 Å². The molecular formula is C23H20Cl2N4O2. The number of carbonyl (C=O) groups excluding carboxylic acids is 1. The minimum Gasteiger partial charge on any atom is -0.496 e. The molecule has 0 aliphatic carbocycles. The van der Waals surface area contributed by atoms with Gasteiger partial charge in [-0.25, -0.2) is 4.99 Å². The maximum Gasteiger partial charge on any atom is 0.255 e. The van der Waals surface area contributed by atoms with Gasteiger partial charge in [-0.2, -0.15) is 0 Å². The lowest BCUT2D eigenvalue weighted by Gasteiger charge is -2.12. The molecule has 1 aliphatic rings. The average Bonchev–Trinajstić information content (AvgIpc) is 3.16. The first kappa shape index (κ1) is 21.2. The third kappa shape index (κ3) is 4.50. The molecule has 0 spiro atoms. The molecule has 4 rings (SSSR count). The van der Waals surface area contributed by atoms with E-state index in [0.29, 0.717) is 45.8 Å². The van der Waals surface area contributed by atoms with Crippen LogP contribution >= 0.6 is 23.2 Å². The predicted molar refractivity (Wildman–Crippen MR) is 124 cm³/mol. The summed E-state index contributed by atoms with van der Waals surface area (Å²) in [5.41, 5.74) is 4.57. The molecule has 0 saturated carbocycles. The molecule has 0 atom stereocenters. The van der Waals surface area contributed by atoms with Crippen molar-refractivity contribution in [3.63, 3.8) is 0 Å². The number of anilines is 1. The van der Waals surface area contributed by atoms with Crippen molar-refractivity contribution in [2.45, 2.75) is 19.9 Å². The van der Waals surface area contributed by atoms with Gasteiger partial charge in [-0.3, -0.25) is 9.78 Å². The molecule has 2 heterocycles. The second-order valence-corrected chi connectivity index (χ2v) is 7.90. The van der Waals surface area contributed by atoms with Crippen molar-refractivity contribution >= 4 is 46.3 Å². The summed E-state index contributed by atoms with van der Waals surface area (Å²) in [6.07, 6.45) is 2.22. The van der Waals surface area contributed by atoms with E-state index in [1.165, 1.54) is 7.11 Å². The lowest BCUT2D eigenvalue weighted by molar-refractivity contribution is 0.0947.